The molecule has 0 aliphatic carbocycles. The average Bonchev–Trinajstić information content (AvgIpc) is 2.46. The third-order valence-electron chi connectivity index (χ3n) is 3.10. The Kier molecular flexibility index (Phi) is 5.60. The molecule has 0 aliphatic heterocycles. The maximum atomic E-state index is 3.44. The molecule has 0 aromatic heterocycles. The first-order valence-electron chi connectivity index (χ1n) is 6.85. The van der Waals surface area contributed by atoms with Crippen molar-refractivity contribution in [3.8, 4) is 0 Å². The van der Waals surface area contributed by atoms with Crippen molar-refractivity contribution >= 4 is 0 Å². The van der Waals surface area contributed by atoms with Gasteiger partial charge in [0.25, 0.3) is 0 Å². The van der Waals surface area contributed by atoms with E-state index in [0.717, 1.165) is 26.2 Å². The molecule has 0 amide bonds. The van der Waals surface area contributed by atoms with Gasteiger partial charge in [-0.05, 0) is 18.1 Å². The van der Waals surface area contributed by atoms with Gasteiger partial charge >= 0.3 is 0 Å². The molecule has 2 nitrogen and oxygen atoms in total. The molecular weight excluding hydrogens is 232 g/mol. The van der Waals surface area contributed by atoms with Crippen LogP contribution in [0.25, 0.3) is 0 Å². The predicted octanol–water partition coefficient (Wildman–Crippen LogP) is 2.87. The zero-order chi connectivity index (χ0) is 13.3. The van der Waals surface area contributed by atoms with Crippen LogP contribution in [0.3, 0.4) is 0 Å². The predicted molar refractivity (Wildman–Crippen MR) is 81.0 cm³/mol. The molecule has 0 saturated carbocycles. The van der Waals surface area contributed by atoms with Crippen molar-refractivity contribution in [1.29, 1.82) is 0 Å². The molecule has 0 atom stereocenters. The molecule has 0 aliphatic rings. The molecule has 2 N–H and O–H groups in total. The second-order valence-electron chi connectivity index (χ2n) is 4.82. The Morgan fingerprint density at radius 1 is 0.684 bits per heavy atom. The largest absolute Gasteiger partial charge is 0.311 e. The Morgan fingerprint density at radius 2 is 1.21 bits per heavy atom. The Balaban J connectivity index is 1.56. The van der Waals surface area contributed by atoms with E-state index in [1.807, 2.05) is 6.07 Å². The van der Waals surface area contributed by atoms with Gasteiger partial charge in [0.2, 0.25) is 0 Å². The third-order valence-corrected chi connectivity index (χ3v) is 3.10. The van der Waals surface area contributed by atoms with Crippen LogP contribution >= 0.6 is 0 Å². The molecule has 2 aromatic carbocycles. The molecule has 0 spiro atoms. The summed E-state index contributed by atoms with van der Waals surface area (Å²) in [6.45, 7) is 5.96. The van der Waals surface area contributed by atoms with Crippen LogP contribution in [0.1, 0.15) is 16.7 Å². The summed E-state index contributed by atoms with van der Waals surface area (Å²) >= 11 is 0. The highest BCUT2D eigenvalue weighted by Gasteiger charge is 1.93. The van der Waals surface area contributed by atoms with Gasteiger partial charge < -0.3 is 10.6 Å². The van der Waals surface area contributed by atoms with E-state index in [9.17, 15) is 0 Å². The maximum absolute atomic E-state index is 3.44. The van der Waals surface area contributed by atoms with Gasteiger partial charge in [0.15, 0.2) is 0 Å². The van der Waals surface area contributed by atoms with Crippen LogP contribution in [-0.2, 0) is 13.1 Å². The summed E-state index contributed by atoms with van der Waals surface area (Å²) < 4.78 is 0. The minimum atomic E-state index is 0.938. The van der Waals surface area contributed by atoms with Crippen molar-refractivity contribution in [3.05, 3.63) is 71.3 Å². The van der Waals surface area contributed by atoms with Crippen molar-refractivity contribution in [3.63, 3.8) is 0 Å². The summed E-state index contributed by atoms with van der Waals surface area (Å²) in [7, 11) is 0. The number of hydrogen-bond acceptors (Lipinski definition) is 2. The lowest BCUT2D eigenvalue weighted by Crippen LogP contribution is -2.26. The fraction of sp³-hybridized carbons (Fsp3) is 0.294. The van der Waals surface area contributed by atoms with Gasteiger partial charge in [0.1, 0.15) is 0 Å². The first-order valence-corrected chi connectivity index (χ1v) is 6.85. The number of hydrogen-bond donors (Lipinski definition) is 2. The van der Waals surface area contributed by atoms with Crippen molar-refractivity contribution in [1.82, 2.24) is 10.6 Å². The van der Waals surface area contributed by atoms with Gasteiger partial charge in [0, 0.05) is 26.2 Å². The summed E-state index contributed by atoms with van der Waals surface area (Å²) in [5, 5.41) is 6.88. The normalized spacial score (nSPS) is 10.6. The molecule has 0 unspecified atom stereocenters. The molecule has 2 rings (SSSR count). The van der Waals surface area contributed by atoms with Crippen LogP contribution in [0.4, 0.5) is 0 Å². The van der Waals surface area contributed by atoms with Crippen LogP contribution in [0, 0.1) is 6.92 Å². The van der Waals surface area contributed by atoms with Gasteiger partial charge in [-0.3, -0.25) is 0 Å². The zero-order valence-electron chi connectivity index (χ0n) is 11.5. The lowest BCUT2D eigenvalue weighted by Gasteiger charge is -2.07. The molecule has 0 bridgehead atoms. The third kappa shape index (κ3) is 5.25. The summed E-state index contributed by atoms with van der Waals surface area (Å²) in [5.41, 5.74) is 3.99. The second kappa shape index (κ2) is 7.72. The van der Waals surface area contributed by atoms with Crippen LogP contribution in [-0.4, -0.2) is 13.1 Å². The van der Waals surface area contributed by atoms with E-state index in [-0.39, 0.29) is 0 Å². The van der Waals surface area contributed by atoms with Crippen molar-refractivity contribution in [2.75, 3.05) is 13.1 Å². The van der Waals surface area contributed by atoms with E-state index >= 15 is 0 Å². The molecule has 2 heteroatoms. The highest BCUT2D eigenvalue weighted by molar-refractivity contribution is 5.21. The Hall–Kier alpha value is -1.64. The first-order chi connectivity index (χ1) is 9.34. The van der Waals surface area contributed by atoms with E-state index in [2.05, 4.69) is 66.1 Å². The van der Waals surface area contributed by atoms with Gasteiger partial charge in [-0.2, -0.15) is 0 Å². The molecule has 0 fully saturated rings. The molecule has 100 valence electrons. The molecule has 0 saturated heterocycles. The Labute approximate surface area is 115 Å². The summed E-state index contributed by atoms with van der Waals surface area (Å²) in [6.07, 6.45) is 0. The number of aryl methyl sites for hydroxylation is 1. The van der Waals surface area contributed by atoms with Gasteiger partial charge in [-0.15, -0.1) is 0 Å². The molecule has 0 heterocycles. The zero-order valence-corrected chi connectivity index (χ0v) is 11.5. The molecule has 2 aromatic rings. The summed E-state index contributed by atoms with van der Waals surface area (Å²) in [4.78, 5) is 0. The minimum Gasteiger partial charge on any atom is -0.311 e. The van der Waals surface area contributed by atoms with Crippen LogP contribution in [0.5, 0.6) is 0 Å². The summed E-state index contributed by atoms with van der Waals surface area (Å²) in [6, 6.07) is 19.2. The molecule has 19 heavy (non-hydrogen) atoms. The van der Waals surface area contributed by atoms with Crippen molar-refractivity contribution in [2.45, 2.75) is 20.0 Å². The van der Waals surface area contributed by atoms with Gasteiger partial charge in [-0.25, -0.2) is 0 Å². The van der Waals surface area contributed by atoms with E-state index in [1.54, 1.807) is 0 Å². The Morgan fingerprint density at radius 3 is 1.79 bits per heavy atom. The smallest absolute Gasteiger partial charge is 0.0206 e. The highest BCUT2D eigenvalue weighted by atomic mass is 14.9. The standard InChI is InChI=1S/C17H22N2/c1-15-7-9-17(10-8-15)14-19-12-11-18-13-16-5-3-2-4-6-16/h2-10,18-19H,11-14H2,1H3. The number of benzene rings is 2. The van der Waals surface area contributed by atoms with E-state index in [4.69, 9.17) is 0 Å². The molecular formula is C17H22N2. The average molecular weight is 254 g/mol. The molecule has 0 radical (unpaired) electrons. The quantitative estimate of drug-likeness (QED) is 0.742. The van der Waals surface area contributed by atoms with E-state index in [1.165, 1.54) is 16.7 Å². The van der Waals surface area contributed by atoms with Crippen molar-refractivity contribution < 1.29 is 0 Å². The second-order valence-corrected chi connectivity index (χ2v) is 4.82. The monoisotopic (exact) mass is 254 g/mol. The lowest BCUT2D eigenvalue weighted by molar-refractivity contribution is 0.611. The maximum Gasteiger partial charge on any atom is 0.0206 e. The van der Waals surface area contributed by atoms with Crippen LogP contribution < -0.4 is 10.6 Å². The number of rotatable bonds is 7. The van der Waals surface area contributed by atoms with E-state index < -0.39 is 0 Å². The van der Waals surface area contributed by atoms with E-state index in [0.29, 0.717) is 0 Å². The SMILES string of the molecule is Cc1ccc(CNCCNCc2ccccc2)cc1. The van der Waals surface area contributed by atoms with Gasteiger partial charge in [0.05, 0.1) is 0 Å². The van der Waals surface area contributed by atoms with Crippen LogP contribution in [0.15, 0.2) is 54.6 Å². The lowest BCUT2D eigenvalue weighted by atomic mass is 10.1. The van der Waals surface area contributed by atoms with Crippen molar-refractivity contribution in [2.24, 2.45) is 0 Å². The number of nitrogens with one attached hydrogen (secondary N) is 2. The minimum absolute atomic E-state index is 0.938. The Bertz CT molecular complexity index is 462. The fourth-order valence-electron chi connectivity index (χ4n) is 1.94. The summed E-state index contributed by atoms with van der Waals surface area (Å²) in [5.74, 6) is 0. The van der Waals surface area contributed by atoms with Crippen LogP contribution in [0.2, 0.25) is 0 Å². The topological polar surface area (TPSA) is 24.1 Å². The van der Waals surface area contributed by atoms with Gasteiger partial charge in [-0.1, -0.05) is 60.2 Å². The fourth-order valence-corrected chi connectivity index (χ4v) is 1.94. The first kappa shape index (κ1) is 13.8. The highest BCUT2D eigenvalue weighted by Crippen LogP contribution is 2.02.